The number of aromatic nitrogens is 4. The van der Waals surface area contributed by atoms with Crippen LogP contribution >= 0.6 is 7.82 Å². The second-order valence-electron chi connectivity index (χ2n) is 8.85. The number of nitro benzene ring substituents is 1. The highest BCUT2D eigenvalue weighted by molar-refractivity contribution is 7.46. The van der Waals surface area contributed by atoms with Crippen LogP contribution in [-0.4, -0.2) is 84.7 Å². The van der Waals surface area contributed by atoms with Gasteiger partial charge in [-0.25, -0.2) is 13.9 Å². The van der Waals surface area contributed by atoms with Crippen molar-refractivity contribution in [3.05, 3.63) is 44.5 Å². The van der Waals surface area contributed by atoms with E-state index >= 15 is 0 Å². The number of imidazole rings is 1. The minimum Gasteiger partial charge on any atom is -0.493 e. The van der Waals surface area contributed by atoms with Crippen molar-refractivity contribution in [2.45, 2.75) is 31.1 Å². The molecule has 0 bridgehead atoms. The standard InChI is InChI=1S/C21H25N6O14P/c1-25-8-26(19-16(29)15(28)13(41-19)7-40-42(34,35)36)17-14(25)18(30)23-20(22-17)24-21(31)39-6-9-4-11(37-2)12(38-3)5-10(9)27(32)33/h4-5,8,13,15-16,19,28-29H,6-7H2,1-3H3,(H3-,22,23,24,30,31,34,35,36)/p+1/t13-,15-,16-,19-/m1/s1. The second-order valence-corrected chi connectivity index (χ2v) is 10.1. The second kappa shape index (κ2) is 12.0. The van der Waals surface area contributed by atoms with Gasteiger partial charge in [0.1, 0.15) is 24.9 Å². The molecule has 42 heavy (non-hydrogen) atoms. The van der Waals surface area contributed by atoms with Gasteiger partial charge in [0, 0.05) is 0 Å². The number of methoxy groups -OCH3 is 2. The number of ether oxygens (including phenoxy) is 4. The van der Waals surface area contributed by atoms with Crippen molar-refractivity contribution >= 4 is 36.7 Å². The molecule has 0 saturated carbocycles. The predicted molar refractivity (Wildman–Crippen MR) is 135 cm³/mol. The van der Waals surface area contributed by atoms with Crippen LogP contribution in [0.15, 0.2) is 23.3 Å². The largest absolute Gasteiger partial charge is 0.493 e. The lowest BCUT2D eigenvalue weighted by molar-refractivity contribution is -0.646. The number of phosphoric acid groups is 1. The number of aromatic amines is 1. The number of amides is 1. The number of fused-ring (bicyclic) bond motifs is 1. The fourth-order valence-corrected chi connectivity index (χ4v) is 4.58. The Morgan fingerprint density at radius 3 is 2.55 bits per heavy atom. The van der Waals surface area contributed by atoms with Gasteiger partial charge in [0.2, 0.25) is 18.5 Å². The molecule has 4 rings (SSSR count). The molecule has 6 N–H and O–H groups in total. The van der Waals surface area contributed by atoms with E-state index in [2.05, 4.69) is 19.8 Å². The van der Waals surface area contributed by atoms with Crippen LogP contribution in [-0.2, 0) is 32.2 Å². The first-order valence-electron chi connectivity index (χ1n) is 11.8. The number of hydrogen-bond donors (Lipinski definition) is 6. The Labute approximate surface area is 234 Å². The topological polar surface area (TPSA) is 271 Å². The van der Waals surface area contributed by atoms with Crippen molar-refractivity contribution in [1.82, 2.24) is 14.5 Å². The van der Waals surface area contributed by atoms with Crippen molar-refractivity contribution in [2.24, 2.45) is 7.05 Å². The molecule has 228 valence electrons. The lowest BCUT2D eigenvalue weighted by atomic mass is 10.1. The van der Waals surface area contributed by atoms with Crippen LogP contribution in [0.5, 0.6) is 11.5 Å². The van der Waals surface area contributed by atoms with E-state index in [4.69, 9.17) is 28.7 Å². The zero-order chi connectivity index (χ0) is 30.9. The lowest BCUT2D eigenvalue weighted by Crippen LogP contribution is -2.34. The fraction of sp³-hybridized carbons (Fsp3) is 0.429. The van der Waals surface area contributed by atoms with Crippen LogP contribution in [0.25, 0.3) is 11.2 Å². The molecule has 0 aliphatic carbocycles. The van der Waals surface area contributed by atoms with Crippen LogP contribution in [0.2, 0.25) is 0 Å². The highest BCUT2D eigenvalue weighted by Crippen LogP contribution is 2.39. The molecule has 0 spiro atoms. The number of aliphatic hydroxyl groups is 2. The summed E-state index contributed by atoms with van der Waals surface area (Å²) in [5, 5.41) is 34.6. The van der Waals surface area contributed by atoms with Gasteiger partial charge in [0.15, 0.2) is 11.5 Å². The van der Waals surface area contributed by atoms with E-state index in [1.807, 2.05) is 0 Å². The lowest BCUT2D eigenvalue weighted by Gasteiger charge is -2.14. The summed E-state index contributed by atoms with van der Waals surface area (Å²) in [6, 6.07) is 2.37. The third kappa shape index (κ3) is 6.34. The molecule has 1 saturated heterocycles. The number of nitrogens with zero attached hydrogens (tertiary/aromatic N) is 4. The molecule has 1 aromatic carbocycles. The third-order valence-electron chi connectivity index (χ3n) is 6.15. The van der Waals surface area contributed by atoms with Crippen LogP contribution in [0.3, 0.4) is 0 Å². The van der Waals surface area contributed by atoms with E-state index < -0.39 is 73.8 Å². The number of hydrogen-bond acceptors (Lipinski definition) is 13. The first-order valence-corrected chi connectivity index (χ1v) is 13.3. The minimum absolute atomic E-state index is 0.0196. The number of anilines is 1. The summed E-state index contributed by atoms with van der Waals surface area (Å²) < 4.78 is 38.7. The van der Waals surface area contributed by atoms with Crippen molar-refractivity contribution in [2.75, 3.05) is 26.1 Å². The van der Waals surface area contributed by atoms with Crippen molar-refractivity contribution in [3.63, 3.8) is 0 Å². The van der Waals surface area contributed by atoms with E-state index in [0.717, 1.165) is 6.07 Å². The predicted octanol–water partition coefficient (Wildman–Crippen LogP) is -1.05. The Balaban J connectivity index is 1.56. The fourth-order valence-electron chi connectivity index (χ4n) is 4.24. The quantitative estimate of drug-likeness (QED) is 0.0686. The maximum absolute atomic E-state index is 12.8. The number of carbonyl (C=O) groups is 1. The summed E-state index contributed by atoms with van der Waals surface area (Å²) in [5.41, 5.74) is -1.31. The molecule has 0 unspecified atom stereocenters. The van der Waals surface area contributed by atoms with Crippen LogP contribution in [0.4, 0.5) is 16.4 Å². The van der Waals surface area contributed by atoms with Gasteiger partial charge in [0.25, 0.3) is 16.9 Å². The highest BCUT2D eigenvalue weighted by atomic mass is 31.2. The minimum atomic E-state index is -4.90. The monoisotopic (exact) mass is 617 g/mol. The van der Waals surface area contributed by atoms with Crippen molar-refractivity contribution in [3.8, 4) is 11.5 Å². The number of nitrogens with one attached hydrogen (secondary N) is 2. The molecule has 4 atom stereocenters. The van der Waals surface area contributed by atoms with Gasteiger partial charge in [-0.05, 0) is 6.07 Å². The first-order chi connectivity index (χ1) is 19.7. The Morgan fingerprint density at radius 2 is 1.93 bits per heavy atom. The highest BCUT2D eigenvalue weighted by Gasteiger charge is 2.48. The number of benzene rings is 1. The molecule has 0 radical (unpaired) electrons. The van der Waals surface area contributed by atoms with Gasteiger partial charge in [-0.1, -0.05) is 0 Å². The van der Waals surface area contributed by atoms with Crippen LogP contribution in [0.1, 0.15) is 11.8 Å². The summed E-state index contributed by atoms with van der Waals surface area (Å²) in [6.07, 6.45) is -5.83. The summed E-state index contributed by atoms with van der Waals surface area (Å²) in [5.74, 6) is -0.161. The Kier molecular flexibility index (Phi) is 8.78. The van der Waals surface area contributed by atoms with Crippen LogP contribution < -0.4 is 24.9 Å². The molecule has 3 aromatic rings. The maximum atomic E-state index is 12.8. The summed E-state index contributed by atoms with van der Waals surface area (Å²) in [6.45, 7) is -1.33. The Morgan fingerprint density at radius 1 is 1.26 bits per heavy atom. The summed E-state index contributed by atoms with van der Waals surface area (Å²) in [7, 11) is -0.807. The first kappa shape index (κ1) is 30.8. The molecule has 21 heteroatoms. The smallest absolute Gasteiger partial charge is 0.469 e. The van der Waals surface area contributed by atoms with Crippen molar-refractivity contribution < 1.29 is 62.3 Å². The van der Waals surface area contributed by atoms with Gasteiger partial charge in [-0.15, -0.1) is 0 Å². The van der Waals surface area contributed by atoms with E-state index in [1.165, 1.54) is 42.8 Å². The number of aliphatic hydroxyl groups excluding tert-OH is 2. The summed E-state index contributed by atoms with van der Waals surface area (Å²) >= 11 is 0. The van der Waals surface area contributed by atoms with E-state index in [9.17, 15) is 34.5 Å². The molecule has 20 nitrogen and oxygen atoms in total. The van der Waals surface area contributed by atoms with Gasteiger partial charge in [-0.2, -0.15) is 9.55 Å². The average Bonchev–Trinajstić information content (AvgIpc) is 3.40. The number of phosphoric ester groups is 1. The van der Waals surface area contributed by atoms with E-state index in [0.29, 0.717) is 0 Å². The SMILES string of the molecule is COc1cc(COC(=O)Nc2nc3c(c(=O)[nH]2)[n+](C)cn3[C@@H]2O[C@H](COP(=O)(O)O)[C@@H](O)[C@H]2O)c([N+](=O)[O-])cc1OC. The molecular formula is C21H26N6O14P+. The zero-order valence-corrected chi connectivity index (χ0v) is 23.0. The number of rotatable bonds is 10. The number of H-pyrrole nitrogens is 1. The van der Waals surface area contributed by atoms with Gasteiger partial charge in [0.05, 0.1) is 44.4 Å². The maximum Gasteiger partial charge on any atom is 0.469 e. The molecule has 1 amide bonds. The van der Waals surface area contributed by atoms with Gasteiger partial charge < -0.3 is 38.9 Å². The normalized spacial score (nSPS) is 20.5. The molecule has 3 heterocycles. The molecule has 2 aromatic heterocycles. The Bertz CT molecular complexity index is 1620. The molecule has 1 fully saturated rings. The third-order valence-corrected chi connectivity index (χ3v) is 6.64. The summed E-state index contributed by atoms with van der Waals surface area (Å²) in [4.78, 5) is 60.5. The van der Waals surface area contributed by atoms with E-state index in [1.54, 1.807) is 0 Å². The number of nitro groups is 1. The van der Waals surface area contributed by atoms with Crippen LogP contribution in [0, 0.1) is 10.1 Å². The molecular weight excluding hydrogens is 591 g/mol. The number of aryl methyl sites for hydroxylation is 1. The Hall–Kier alpha value is -4.17. The van der Waals surface area contributed by atoms with Gasteiger partial charge in [-0.3, -0.25) is 29.7 Å². The van der Waals surface area contributed by atoms with Gasteiger partial charge >= 0.3 is 19.5 Å². The van der Waals surface area contributed by atoms with E-state index in [-0.39, 0.29) is 28.2 Å². The average molecular weight is 617 g/mol. The van der Waals surface area contributed by atoms with Crippen molar-refractivity contribution in [1.29, 1.82) is 0 Å². The molecule has 1 aliphatic heterocycles. The molecule has 1 aliphatic rings. The zero-order valence-electron chi connectivity index (χ0n) is 22.1. The number of carbonyl (C=O) groups excluding carboxylic acids is 1.